The number of piperidine rings is 1. The predicted octanol–water partition coefficient (Wildman–Crippen LogP) is 3.10. The molecule has 1 atom stereocenters. The number of nitrogens with one attached hydrogen (secondary N) is 1. The van der Waals surface area contributed by atoms with Gasteiger partial charge in [-0.1, -0.05) is 25.1 Å². The molecule has 1 aliphatic heterocycles. The summed E-state index contributed by atoms with van der Waals surface area (Å²) in [5.74, 6) is 0.591. The normalized spacial score (nSPS) is 19.3. The Morgan fingerprint density at radius 1 is 1.47 bits per heavy atom. The lowest BCUT2D eigenvalue weighted by molar-refractivity contribution is 0.181. The fourth-order valence-electron chi connectivity index (χ4n) is 2.49. The lowest BCUT2D eigenvalue weighted by atomic mass is 10.0. The number of likely N-dealkylation sites (tertiary alicyclic amines) is 1. The first-order chi connectivity index (χ1) is 9.20. The number of methoxy groups -OCH3 is 1. The summed E-state index contributed by atoms with van der Waals surface area (Å²) in [6.07, 6.45) is 2.30. The van der Waals surface area contributed by atoms with Crippen LogP contribution in [0.1, 0.15) is 25.3 Å². The van der Waals surface area contributed by atoms with Gasteiger partial charge in [0.1, 0.15) is 0 Å². The molecule has 4 nitrogen and oxygen atoms in total. The van der Waals surface area contributed by atoms with E-state index in [4.69, 9.17) is 4.74 Å². The second-order valence-electron chi connectivity index (χ2n) is 5.21. The van der Waals surface area contributed by atoms with Gasteiger partial charge < -0.3 is 15.0 Å². The van der Waals surface area contributed by atoms with Crippen molar-refractivity contribution >= 4 is 11.7 Å². The molecule has 19 heavy (non-hydrogen) atoms. The third-order valence-electron chi connectivity index (χ3n) is 3.50. The molecule has 1 fully saturated rings. The Labute approximate surface area is 114 Å². The van der Waals surface area contributed by atoms with Crippen molar-refractivity contribution in [2.45, 2.75) is 26.4 Å². The molecule has 4 heteroatoms. The molecule has 1 heterocycles. The molecule has 1 aromatic rings. The third-order valence-corrected chi connectivity index (χ3v) is 3.50. The topological polar surface area (TPSA) is 41.6 Å². The third kappa shape index (κ3) is 3.70. The zero-order valence-corrected chi connectivity index (χ0v) is 11.7. The van der Waals surface area contributed by atoms with Crippen LogP contribution in [0.15, 0.2) is 24.3 Å². The molecule has 1 N–H and O–H groups in total. The molecule has 104 valence electrons. The molecule has 1 unspecified atom stereocenters. The number of hydrogen-bond acceptors (Lipinski definition) is 2. The van der Waals surface area contributed by atoms with E-state index in [9.17, 15) is 4.79 Å². The molecular weight excluding hydrogens is 240 g/mol. The summed E-state index contributed by atoms with van der Waals surface area (Å²) in [4.78, 5) is 14.1. The summed E-state index contributed by atoms with van der Waals surface area (Å²) >= 11 is 0. The van der Waals surface area contributed by atoms with Crippen molar-refractivity contribution in [3.63, 3.8) is 0 Å². The quantitative estimate of drug-likeness (QED) is 0.909. The van der Waals surface area contributed by atoms with Gasteiger partial charge in [-0.2, -0.15) is 0 Å². The van der Waals surface area contributed by atoms with Crippen LogP contribution in [0.25, 0.3) is 0 Å². The summed E-state index contributed by atoms with van der Waals surface area (Å²) in [5.41, 5.74) is 1.84. The smallest absolute Gasteiger partial charge is 0.321 e. The van der Waals surface area contributed by atoms with Gasteiger partial charge >= 0.3 is 6.03 Å². The number of amides is 2. The maximum atomic E-state index is 12.2. The summed E-state index contributed by atoms with van der Waals surface area (Å²) in [5, 5.41) is 2.99. The van der Waals surface area contributed by atoms with Crippen LogP contribution in [0.4, 0.5) is 10.5 Å². The van der Waals surface area contributed by atoms with E-state index in [0.29, 0.717) is 12.5 Å². The van der Waals surface area contributed by atoms with Crippen LogP contribution in [0.2, 0.25) is 0 Å². The van der Waals surface area contributed by atoms with E-state index in [0.717, 1.165) is 30.8 Å². The van der Waals surface area contributed by atoms with Gasteiger partial charge in [0.2, 0.25) is 0 Å². The number of hydrogen-bond donors (Lipinski definition) is 1. The number of rotatable bonds is 3. The van der Waals surface area contributed by atoms with Crippen molar-refractivity contribution in [3.8, 4) is 0 Å². The maximum Gasteiger partial charge on any atom is 0.321 e. The minimum Gasteiger partial charge on any atom is -0.380 e. The van der Waals surface area contributed by atoms with Gasteiger partial charge in [-0.25, -0.2) is 4.79 Å². The summed E-state index contributed by atoms with van der Waals surface area (Å²) in [7, 11) is 1.66. The largest absolute Gasteiger partial charge is 0.380 e. The highest BCUT2D eigenvalue weighted by atomic mass is 16.5. The van der Waals surface area contributed by atoms with Crippen LogP contribution in [0.5, 0.6) is 0 Å². The first-order valence-corrected chi connectivity index (χ1v) is 6.83. The molecule has 0 radical (unpaired) electrons. The highest BCUT2D eigenvalue weighted by molar-refractivity contribution is 5.90. The van der Waals surface area contributed by atoms with Gasteiger partial charge in [0, 0.05) is 31.5 Å². The van der Waals surface area contributed by atoms with Gasteiger partial charge in [0.15, 0.2) is 0 Å². The second-order valence-corrected chi connectivity index (χ2v) is 5.21. The summed E-state index contributed by atoms with van der Waals surface area (Å²) in [6, 6.07) is 7.76. The van der Waals surface area contributed by atoms with Gasteiger partial charge in [-0.3, -0.25) is 0 Å². The molecule has 0 saturated carbocycles. The number of carbonyl (C=O) groups excluding carboxylic acids is 1. The molecule has 0 bridgehead atoms. The fraction of sp³-hybridized carbons (Fsp3) is 0.533. The summed E-state index contributed by atoms with van der Waals surface area (Å²) in [6.45, 7) is 4.39. The Balaban J connectivity index is 2.02. The Kier molecular flexibility index (Phi) is 4.80. The van der Waals surface area contributed by atoms with Crippen LogP contribution in [-0.2, 0) is 11.3 Å². The average Bonchev–Trinajstić information content (AvgIpc) is 2.41. The molecule has 1 saturated heterocycles. The van der Waals surface area contributed by atoms with Crippen molar-refractivity contribution in [1.82, 2.24) is 4.90 Å². The SMILES string of the molecule is COCc1ccccc1NC(=O)N1CCCC(C)C1. The predicted molar refractivity (Wildman–Crippen MR) is 76.1 cm³/mol. The minimum absolute atomic E-state index is 0.00453. The number of para-hydroxylation sites is 1. The lowest BCUT2D eigenvalue weighted by Crippen LogP contribution is -2.41. The van der Waals surface area contributed by atoms with Crippen LogP contribution in [0.3, 0.4) is 0 Å². The number of nitrogens with zero attached hydrogens (tertiary/aromatic N) is 1. The highest BCUT2D eigenvalue weighted by Gasteiger charge is 2.21. The zero-order chi connectivity index (χ0) is 13.7. The number of anilines is 1. The molecule has 2 amide bonds. The minimum atomic E-state index is -0.00453. The molecular formula is C15H22N2O2. The molecule has 1 aromatic carbocycles. The van der Waals surface area contributed by atoms with E-state index >= 15 is 0 Å². The van der Waals surface area contributed by atoms with E-state index in [2.05, 4.69) is 12.2 Å². The van der Waals surface area contributed by atoms with Gasteiger partial charge in [0.25, 0.3) is 0 Å². The Morgan fingerprint density at radius 3 is 3.00 bits per heavy atom. The van der Waals surface area contributed by atoms with Gasteiger partial charge in [0.05, 0.1) is 6.61 Å². The standard InChI is InChI=1S/C15H22N2O2/c1-12-6-5-9-17(10-12)15(18)16-14-8-4-3-7-13(14)11-19-2/h3-4,7-8,12H,5-6,9-11H2,1-2H3,(H,16,18). The number of carbonyl (C=O) groups is 1. The Bertz CT molecular complexity index is 434. The van der Waals surface area contributed by atoms with E-state index in [-0.39, 0.29) is 6.03 Å². The van der Waals surface area contributed by atoms with Crippen molar-refractivity contribution in [3.05, 3.63) is 29.8 Å². The molecule has 0 aromatic heterocycles. The second kappa shape index (κ2) is 6.57. The molecule has 1 aliphatic rings. The van der Waals surface area contributed by atoms with Crippen molar-refractivity contribution in [2.75, 3.05) is 25.5 Å². The Morgan fingerprint density at radius 2 is 2.26 bits per heavy atom. The van der Waals surface area contributed by atoms with Crippen LogP contribution in [-0.4, -0.2) is 31.1 Å². The lowest BCUT2D eigenvalue weighted by Gasteiger charge is -2.31. The zero-order valence-electron chi connectivity index (χ0n) is 11.7. The van der Waals surface area contributed by atoms with Gasteiger partial charge in [-0.15, -0.1) is 0 Å². The fourth-order valence-corrected chi connectivity index (χ4v) is 2.49. The first-order valence-electron chi connectivity index (χ1n) is 6.83. The average molecular weight is 262 g/mol. The highest BCUT2D eigenvalue weighted by Crippen LogP contribution is 2.19. The first kappa shape index (κ1) is 13.9. The number of ether oxygens (including phenoxy) is 1. The maximum absolute atomic E-state index is 12.2. The van der Waals surface area contributed by atoms with Crippen LogP contribution >= 0.6 is 0 Å². The molecule has 2 rings (SSSR count). The van der Waals surface area contributed by atoms with Crippen LogP contribution in [0, 0.1) is 5.92 Å². The molecule has 0 spiro atoms. The van der Waals surface area contributed by atoms with E-state index in [1.165, 1.54) is 6.42 Å². The monoisotopic (exact) mass is 262 g/mol. The van der Waals surface area contributed by atoms with Gasteiger partial charge in [-0.05, 0) is 24.8 Å². The Hall–Kier alpha value is -1.55. The van der Waals surface area contributed by atoms with E-state index < -0.39 is 0 Å². The van der Waals surface area contributed by atoms with E-state index in [1.807, 2.05) is 29.2 Å². The van der Waals surface area contributed by atoms with Crippen molar-refractivity contribution < 1.29 is 9.53 Å². The number of urea groups is 1. The summed E-state index contributed by atoms with van der Waals surface area (Å²) < 4.78 is 5.15. The van der Waals surface area contributed by atoms with Crippen molar-refractivity contribution in [1.29, 1.82) is 0 Å². The van der Waals surface area contributed by atoms with Crippen LogP contribution < -0.4 is 5.32 Å². The number of benzene rings is 1. The molecule has 0 aliphatic carbocycles. The van der Waals surface area contributed by atoms with E-state index in [1.54, 1.807) is 7.11 Å². The van der Waals surface area contributed by atoms with Crippen molar-refractivity contribution in [2.24, 2.45) is 5.92 Å².